The van der Waals surface area contributed by atoms with E-state index in [1.54, 1.807) is 0 Å². The molecule has 1 aromatic carbocycles. The van der Waals surface area contributed by atoms with Crippen LogP contribution in [0.25, 0.3) is 0 Å². The van der Waals surface area contributed by atoms with Crippen molar-refractivity contribution in [2.24, 2.45) is 5.92 Å². The maximum absolute atomic E-state index is 12.5. The van der Waals surface area contributed by atoms with Gasteiger partial charge in [-0.3, -0.25) is 0 Å². The van der Waals surface area contributed by atoms with E-state index in [1.807, 2.05) is 0 Å². The fourth-order valence-corrected chi connectivity index (χ4v) is 2.74. The molecular formula is C16H21F3N2O. The maximum Gasteiger partial charge on any atom is 0.416 e. The minimum Gasteiger partial charge on any atom is -0.335 e. The Balaban J connectivity index is 1.81. The molecular weight excluding hydrogens is 293 g/mol. The number of carbonyl (C=O) groups is 1. The normalized spacial score (nSPS) is 22.2. The largest absolute Gasteiger partial charge is 0.416 e. The van der Waals surface area contributed by atoms with Gasteiger partial charge in [-0.1, -0.05) is 31.9 Å². The molecule has 2 unspecified atom stereocenters. The third-order valence-electron chi connectivity index (χ3n) is 4.16. The highest BCUT2D eigenvalue weighted by Gasteiger charge is 2.30. The third-order valence-corrected chi connectivity index (χ3v) is 4.16. The summed E-state index contributed by atoms with van der Waals surface area (Å²) >= 11 is 0. The van der Waals surface area contributed by atoms with Crippen molar-refractivity contribution in [2.75, 3.05) is 0 Å². The monoisotopic (exact) mass is 314 g/mol. The van der Waals surface area contributed by atoms with Gasteiger partial charge in [-0.25, -0.2) is 4.79 Å². The standard InChI is InChI=1S/C16H21F3N2O/c1-11-4-2-3-5-14(11)21-15(22)20-10-12-6-8-13(9-7-12)16(17,18)19/h6-9,11,14H,2-5,10H2,1H3,(H2,20,21,22). The van der Waals surface area contributed by atoms with Gasteiger partial charge in [0.15, 0.2) is 0 Å². The van der Waals surface area contributed by atoms with Gasteiger partial charge in [0, 0.05) is 12.6 Å². The second-order valence-electron chi connectivity index (χ2n) is 5.89. The Hall–Kier alpha value is -1.72. The molecule has 0 saturated heterocycles. The van der Waals surface area contributed by atoms with Gasteiger partial charge in [0.2, 0.25) is 0 Å². The molecule has 0 aliphatic heterocycles. The molecule has 2 amide bonds. The number of rotatable bonds is 3. The van der Waals surface area contributed by atoms with E-state index in [9.17, 15) is 18.0 Å². The molecule has 0 spiro atoms. The van der Waals surface area contributed by atoms with Gasteiger partial charge >= 0.3 is 12.2 Å². The summed E-state index contributed by atoms with van der Waals surface area (Å²) in [7, 11) is 0. The predicted octanol–water partition coefficient (Wildman–Crippen LogP) is 4.08. The second kappa shape index (κ2) is 7.03. The number of alkyl halides is 3. The molecule has 1 aliphatic carbocycles. The van der Waals surface area contributed by atoms with Gasteiger partial charge in [-0.15, -0.1) is 0 Å². The Kier molecular flexibility index (Phi) is 5.32. The van der Waals surface area contributed by atoms with Crippen LogP contribution in [-0.2, 0) is 12.7 Å². The lowest BCUT2D eigenvalue weighted by Crippen LogP contribution is -2.45. The van der Waals surface area contributed by atoms with Crippen molar-refractivity contribution in [3.05, 3.63) is 35.4 Å². The summed E-state index contributed by atoms with van der Waals surface area (Å²) in [6.45, 7) is 2.34. The number of nitrogens with one attached hydrogen (secondary N) is 2. The van der Waals surface area contributed by atoms with Crippen LogP contribution in [0.15, 0.2) is 24.3 Å². The zero-order chi connectivity index (χ0) is 16.2. The number of hydrogen-bond donors (Lipinski definition) is 2. The number of hydrogen-bond acceptors (Lipinski definition) is 1. The van der Waals surface area contributed by atoms with Crippen molar-refractivity contribution in [1.29, 1.82) is 0 Å². The number of halogens is 3. The van der Waals surface area contributed by atoms with E-state index in [0.717, 1.165) is 31.4 Å². The van der Waals surface area contributed by atoms with Crippen LogP contribution in [0.2, 0.25) is 0 Å². The summed E-state index contributed by atoms with van der Waals surface area (Å²) in [6, 6.07) is 4.73. The number of carbonyl (C=O) groups excluding carboxylic acids is 1. The van der Waals surface area contributed by atoms with Crippen molar-refractivity contribution >= 4 is 6.03 Å². The Morgan fingerprint density at radius 1 is 1.18 bits per heavy atom. The zero-order valence-corrected chi connectivity index (χ0v) is 12.5. The lowest BCUT2D eigenvalue weighted by atomic mass is 9.86. The van der Waals surface area contributed by atoms with Crippen LogP contribution in [0.1, 0.15) is 43.7 Å². The predicted molar refractivity (Wildman–Crippen MR) is 78.2 cm³/mol. The van der Waals surface area contributed by atoms with Gasteiger partial charge in [-0.2, -0.15) is 13.2 Å². The minimum absolute atomic E-state index is 0.182. The Labute approximate surface area is 128 Å². The average molecular weight is 314 g/mol. The molecule has 22 heavy (non-hydrogen) atoms. The molecule has 6 heteroatoms. The molecule has 0 aromatic heterocycles. The van der Waals surface area contributed by atoms with Gasteiger partial charge in [-0.05, 0) is 36.5 Å². The van der Waals surface area contributed by atoms with E-state index in [2.05, 4.69) is 17.6 Å². The van der Waals surface area contributed by atoms with E-state index in [-0.39, 0.29) is 18.6 Å². The molecule has 0 bridgehead atoms. The molecule has 3 nitrogen and oxygen atoms in total. The molecule has 0 radical (unpaired) electrons. The van der Waals surface area contributed by atoms with Crippen LogP contribution < -0.4 is 10.6 Å². The van der Waals surface area contributed by atoms with Crippen LogP contribution in [-0.4, -0.2) is 12.1 Å². The van der Waals surface area contributed by atoms with Crippen molar-refractivity contribution in [2.45, 2.75) is 51.4 Å². The Morgan fingerprint density at radius 3 is 2.41 bits per heavy atom. The Morgan fingerprint density at radius 2 is 1.82 bits per heavy atom. The average Bonchev–Trinajstić information content (AvgIpc) is 2.47. The molecule has 2 N–H and O–H groups in total. The van der Waals surface area contributed by atoms with Crippen LogP contribution in [0.4, 0.5) is 18.0 Å². The van der Waals surface area contributed by atoms with Crippen molar-refractivity contribution in [3.8, 4) is 0 Å². The van der Waals surface area contributed by atoms with Crippen LogP contribution in [0, 0.1) is 5.92 Å². The summed E-state index contributed by atoms with van der Waals surface area (Å²) in [6.07, 6.45) is 0.0832. The molecule has 122 valence electrons. The lowest BCUT2D eigenvalue weighted by molar-refractivity contribution is -0.137. The third kappa shape index (κ3) is 4.64. The molecule has 1 aliphatic rings. The SMILES string of the molecule is CC1CCCCC1NC(=O)NCc1ccc(C(F)(F)F)cc1. The first kappa shape index (κ1) is 16.6. The second-order valence-corrected chi connectivity index (χ2v) is 5.89. The van der Waals surface area contributed by atoms with Gasteiger partial charge < -0.3 is 10.6 Å². The molecule has 0 heterocycles. The van der Waals surface area contributed by atoms with Gasteiger partial charge in [0.05, 0.1) is 5.56 Å². The lowest BCUT2D eigenvalue weighted by Gasteiger charge is -2.29. The molecule has 1 fully saturated rings. The van der Waals surface area contributed by atoms with E-state index < -0.39 is 11.7 Å². The van der Waals surface area contributed by atoms with Crippen molar-refractivity contribution in [3.63, 3.8) is 0 Å². The van der Waals surface area contributed by atoms with Gasteiger partial charge in [0.25, 0.3) is 0 Å². The molecule has 2 rings (SSSR count). The highest BCUT2D eigenvalue weighted by molar-refractivity contribution is 5.74. The molecule has 1 saturated carbocycles. The maximum atomic E-state index is 12.5. The van der Waals surface area contributed by atoms with E-state index in [1.165, 1.54) is 18.6 Å². The first-order valence-electron chi connectivity index (χ1n) is 7.57. The molecule has 2 atom stereocenters. The first-order valence-corrected chi connectivity index (χ1v) is 7.57. The summed E-state index contributed by atoms with van der Waals surface area (Å²) in [4.78, 5) is 11.9. The summed E-state index contributed by atoms with van der Waals surface area (Å²) < 4.78 is 37.4. The summed E-state index contributed by atoms with van der Waals surface area (Å²) in [5.41, 5.74) is -0.0448. The topological polar surface area (TPSA) is 41.1 Å². The number of benzene rings is 1. The van der Waals surface area contributed by atoms with Gasteiger partial charge in [0.1, 0.15) is 0 Å². The van der Waals surface area contributed by atoms with E-state index >= 15 is 0 Å². The smallest absolute Gasteiger partial charge is 0.335 e. The van der Waals surface area contributed by atoms with Crippen molar-refractivity contribution < 1.29 is 18.0 Å². The highest BCUT2D eigenvalue weighted by atomic mass is 19.4. The quantitative estimate of drug-likeness (QED) is 0.867. The minimum atomic E-state index is -4.33. The fourth-order valence-electron chi connectivity index (χ4n) is 2.74. The van der Waals surface area contributed by atoms with E-state index in [0.29, 0.717) is 11.5 Å². The summed E-state index contributed by atoms with van der Waals surface area (Å²) in [5.74, 6) is 0.463. The highest BCUT2D eigenvalue weighted by Crippen LogP contribution is 2.29. The van der Waals surface area contributed by atoms with E-state index in [4.69, 9.17) is 0 Å². The Bertz CT molecular complexity index is 499. The number of amides is 2. The first-order chi connectivity index (χ1) is 10.4. The molecule has 1 aromatic rings. The van der Waals surface area contributed by atoms with Crippen LogP contribution in [0.5, 0.6) is 0 Å². The zero-order valence-electron chi connectivity index (χ0n) is 12.5. The fraction of sp³-hybridized carbons (Fsp3) is 0.562. The summed E-state index contributed by atoms with van der Waals surface area (Å²) in [5, 5.41) is 5.64. The van der Waals surface area contributed by atoms with Crippen LogP contribution >= 0.6 is 0 Å². The van der Waals surface area contributed by atoms with Crippen LogP contribution in [0.3, 0.4) is 0 Å². The number of urea groups is 1. The van der Waals surface area contributed by atoms with Crippen molar-refractivity contribution in [1.82, 2.24) is 10.6 Å².